The lowest BCUT2D eigenvalue weighted by atomic mass is 10.1. The number of imidazole rings is 1. The molecule has 0 aromatic carbocycles. The van der Waals surface area contributed by atoms with E-state index >= 15 is 0 Å². The van der Waals surface area contributed by atoms with Crippen LogP contribution in [-0.4, -0.2) is 40.7 Å². The zero-order valence-corrected chi connectivity index (χ0v) is 13.8. The van der Waals surface area contributed by atoms with Crippen LogP contribution < -0.4 is 0 Å². The van der Waals surface area contributed by atoms with Crippen molar-refractivity contribution in [2.75, 3.05) is 6.54 Å². The highest BCUT2D eigenvalue weighted by Crippen LogP contribution is 2.18. The van der Waals surface area contributed by atoms with Crippen LogP contribution in [-0.2, 0) is 26.2 Å². The molecule has 1 aliphatic heterocycles. The molecule has 3 aromatic rings. The summed E-state index contributed by atoms with van der Waals surface area (Å²) in [6.07, 6.45) is 7.33. The van der Waals surface area contributed by atoms with Gasteiger partial charge in [-0.2, -0.15) is 5.10 Å². The highest BCUT2D eigenvalue weighted by molar-refractivity contribution is 5.10. The Morgan fingerprint density at radius 2 is 2.21 bits per heavy atom. The van der Waals surface area contributed by atoms with Crippen LogP contribution in [0.25, 0.3) is 0 Å². The molecule has 0 fully saturated rings. The van der Waals surface area contributed by atoms with Crippen LogP contribution in [0.3, 0.4) is 0 Å². The van der Waals surface area contributed by atoms with Gasteiger partial charge in [0.25, 0.3) is 0 Å². The number of pyridine rings is 1. The Morgan fingerprint density at radius 3 is 3.04 bits per heavy atom. The van der Waals surface area contributed by atoms with Gasteiger partial charge in [-0.25, -0.2) is 9.97 Å². The largest absolute Gasteiger partial charge is 0.333 e. The molecule has 0 bridgehead atoms. The molecule has 0 radical (unpaired) electrons. The van der Waals surface area contributed by atoms with Gasteiger partial charge in [0.15, 0.2) is 0 Å². The molecular formula is C17H21N7. The van der Waals surface area contributed by atoms with Crippen LogP contribution in [0.15, 0.2) is 43.2 Å². The molecule has 0 unspecified atom stereocenters. The number of rotatable bonds is 4. The van der Waals surface area contributed by atoms with Crippen molar-refractivity contribution in [2.24, 2.45) is 5.92 Å². The summed E-state index contributed by atoms with van der Waals surface area (Å²) in [5, 5.41) is 4.26. The van der Waals surface area contributed by atoms with E-state index in [9.17, 15) is 0 Å². The Labute approximate surface area is 141 Å². The zero-order chi connectivity index (χ0) is 16.4. The van der Waals surface area contributed by atoms with E-state index in [1.807, 2.05) is 23.9 Å². The van der Waals surface area contributed by atoms with E-state index < -0.39 is 0 Å². The van der Waals surface area contributed by atoms with Crippen molar-refractivity contribution in [2.45, 2.75) is 33.1 Å². The van der Waals surface area contributed by atoms with Crippen LogP contribution in [0.2, 0.25) is 0 Å². The van der Waals surface area contributed by atoms with Crippen LogP contribution >= 0.6 is 0 Å². The Morgan fingerprint density at radius 1 is 1.25 bits per heavy atom. The van der Waals surface area contributed by atoms with Gasteiger partial charge in [0.05, 0.1) is 12.2 Å². The van der Waals surface area contributed by atoms with Crippen molar-refractivity contribution in [1.82, 2.24) is 34.2 Å². The fourth-order valence-electron chi connectivity index (χ4n) is 3.37. The van der Waals surface area contributed by atoms with Gasteiger partial charge < -0.3 is 4.57 Å². The molecular weight excluding hydrogens is 302 g/mol. The van der Waals surface area contributed by atoms with Crippen molar-refractivity contribution < 1.29 is 0 Å². The second-order valence-electron chi connectivity index (χ2n) is 6.42. The predicted molar refractivity (Wildman–Crippen MR) is 88.8 cm³/mol. The van der Waals surface area contributed by atoms with Gasteiger partial charge in [-0.3, -0.25) is 14.6 Å². The van der Waals surface area contributed by atoms with Crippen molar-refractivity contribution in [3.8, 4) is 0 Å². The van der Waals surface area contributed by atoms with Gasteiger partial charge in [-0.1, -0.05) is 6.07 Å². The normalized spacial score (nSPS) is 18.3. The second-order valence-corrected chi connectivity index (χ2v) is 6.42. The van der Waals surface area contributed by atoms with Crippen molar-refractivity contribution in [3.05, 3.63) is 60.5 Å². The van der Waals surface area contributed by atoms with Crippen LogP contribution in [0.5, 0.6) is 0 Å². The van der Waals surface area contributed by atoms with Gasteiger partial charge in [-0.15, -0.1) is 0 Å². The van der Waals surface area contributed by atoms with E-state index in [-0.39, 0.29) is 0 Å². The molecule has 0 N–H and O–H groups in total. The minimum Gasteiger partial charge on any atom is -0.333 e. The molecule has 0 aliphatic carbocycles. The lowest BCUT2D eigenvalue weighted by molar-refractivity contribution is 0.203. The summed E-state index contributed by atoms with van der Waals surface area (Å²) in [6, 6.07) is 6.20. The first kappa shape index (κ1) is 15.0. The summed E-state index contributed by atoms with van der Waals surface area (Å²) in [5.74, 6) is 1.57. The average molecular weight is 323 g/mol. The van der Waals surface area contributed by atoms with Crippen molar-refractivity contribution >= 4 is 0 Å². The van der Waals surface area contributed by atoms with Gasteiger partial charge in [-0.05, 0) is 19.1 Å². The Balaban J connectivity index is 1.54. The molecule has 0 spiro atoms. The van der Waals surface area contributed by atoms with E-state index in [0.29, 0.717) is 5.92 Å². The third kappa shape index (κ3) is 3.35. The molecule has 124 valence electrons. The molecule has 0 saturated carbocycles. The number of hydrogen-bond donors (Lipinski definition) is 0. The average Bonchev–Trinajstić information content (AvgIpc) is 3.17. The summed E-state index contributed by atoms with van der Waals surface area (Å²) in [4.78, 5) is 15.6. The number of aromatic nitrogens is 6. The van der Waals surface area contributed by atoms with Crippen LogP contribution in [0.4, 0.5) is 0 Å². The summed E-state index contributed by atoms with van der Waals surface area (Å²) >= 11 is 0. The summed E-state index contributed by atoms with van der Waals surface area (Å²) in [5.41, 5.74) is 2.16. The van der Waals surface area contributed by atoms with Gasteiger partial charge in [0.2, 0.25) is 0 Å². The maximum atomic E-state index is 4.65. The standard InChI is InChI=1S/C17H21N7/c1-14-3-2-4-16(21-14)10-22-7-15(9-24-13-18-12-20-24)8-23-6-5-19-17(23)11-22/h2-6,12-13,15H,7-11H2,1H3/t15-/m1/s1. The van der Waals surface area contributed by atoms with E-state index in [0.717, 1.165) is 49.9 Å². The number of hydrogen-bond acceptors (Lipinski definition) is 5. The van der Waals surface area contributed by atoms with E-state index in [1.165, 1.54) is 0 Å². The van der Waals surface area contributed by atoms with Crippen LogP contribution in [0, 0.1) is 12.8 Å². The lowest BCUT2D eigenvalue weighted by Gasteiger charge is -2.23. The quantitative estimate of drug-likeness (QED) is 0.728. The summed E-state index contributed by atoms with van der Waals surface area (Å²) in [7, 11) is 0. The van der Waals surface area contributed by atoms with Crippen LogP contribution in [0.1, 0.15) is 17.2 Å². The SMILES string of the molecule is Cc1cccc(CN2Cc3nccn3C[C@H](Cn3cncn3)C2)n1. The first-order valence-electron chi connectivity index (χ1n) is 8.23. The third-order valence-corrected chi connectivity index (χ3v) is 4.38. The fraction of sp³-hybridized carbons (Fsp3) is 0.412. The molecule has 0 amide bonds. The molecule has 3 aromatic heterocycles. The molecule has 7 heteroatoms. The molecule has 4 rings (SSSR count). The van der Waals surface area contributed by atoms with E-state index in [2.05, 4.69) is 47.8 Å². The van der Waals surface area contributed by atoms with Crippen molar-refractivity contribution in [3.63, 3.8) is 0 Å². The Kier molecular flexibility index (Phi) is 4.08. The van der Waals surface area contributed by atoms with E-state index in [4.69, 9.17) is 0 Å². The molecule has 7 nitrogen and oxygen atoms in total. The smallest absolute Gasteiger partial charge is 0.137 e. The first-order valence-corrected chi connectivity index (χ1v) is 8.23. The third-order valence-electron chi connectivity index (χ3n) is 4.38. The van der Waals surface area contributed by atoms with Gasteiger partial charge in [0, 0.05) is 50.2 Å². The maximum Gasteiger partial charge on any atom is 0.137 e. The van der Waals surface area contributed by atoms with Gasteiger partial charge >= 0.3 is 0 Å². The second kappa shape index (κ2) is 6.52. The molecule has 4 heterocycles. The maximum absolute atomic E-state index is 4.65. The number of fused-ring (bicyclic) bond motifs is 1. The highest BCUT2D eigenvalue weighted by Gasteiger charge is 2.23. The molecule has 1 atom stereocenters. The number of nitrogens with zero attached hydrogens (tertiary/aromatic N) is 7. The molecule has 0 saturated heterocycles. The Hall–Kier alpha value is -2.54. The fourth-order valence-corrected chi connectivity index (χ4v) is 3.37. The van der Waals surface area contributed by atoms with Crippen molar-refractivity contribution in [1.29, 1.82) is 0 Å². The highest BCUT2D eigenvalue weighted by atomic mass is 15.3. The Bertz CT molecular complexity index is 793. The lowest BCUT2D eigenvalue weighted by Crippen LogP contribution is -2.30. The predicted octanol–water partition coefficient (Wildman–Crippen LogP) is 1.51. The minimum atomic E-state index is 0.451. The molecule has 24 heavy (non-hydrogen) atoms. The number of aryl methyl sites for hydroxylation is 1. The summed E-state index contributed by atoms with van der Waals surface area (Å²) in [6.45, 7) is 6.51. The molecule has 1 aliphatic rings. The summed E-state index contributed by atoms with van der Waals surface area (Å²) < 4.78 is 4.17. The van der Waals surface area contributed by atoms with Gasteiger partial charge in [0.1, 0.15) is 18.5 Å². The first-order chi connectivity index (χ1) is 11.8. The monoisotopic (exact) mass is 323 g/mol. The minimum absolute atomic E-state index is 0.451. The van der Waals surface area contributed by atoms with E-state index in [1.54, 1.807) is 12.7 Å². The zero-order valence-electron chi connectivity index (χ0n) is 13.8. The topological polar surface area (TPSA) is 64.7 Å².